The maximum absolute atomic E-state index is 12.3. The zero-order chi connectivity index (χ0) is 29.4. The van der Waals surface area contributed by atoms with Crippen LogP contribution in [-0.2, 0) is 17.7 Å². The molecule has 2 N–H and O–H groups in total. The van der Waals surface area contributed by atoms with Gasteiger partial charge in [-0.3, -0.25) is 0 Å². The number of carbonyl (C=O) groups is 2. The Labute approximate surface area is 241 Å². The minimum Gasteiger partial charge on any atom is -0.428 e. The van der Waals surface area contributed by atoms with E-state index in [2.05, 4.69) is 40.8 Å². The van der Waals surface area contributed by atoms with Crippen LogP contribution in [0.15, 0.2) is 79.4 Å². The van der Waals surface area contributed by atoms with Crippen molar-refractivity contribution in [3.8, 4) is 16.9 Å². The van der Waals surface area contributed by atoms with Gasteiger partial charge in [0.25, 0.3) is 0 Å². The summed E-state index contributed by atoms with van der Waals surface area (Å²) in [6, 6.07) is 21.1. The number of fused-ring (bicyclic) bond motifs is 1. The van der Waals surface area contributed by atoms with Crippen molar-refractivity contribution in [3.05, 3.63) is 90.8 Å². The zero-order valence-electron chi connectivity index (χ0n) is 24.2. The second-order valence-electron chi connectivity index (χ2n) is 10.8. The molecule has 0 radical (unpaired) electrons. The van der Waals surface area contributed by atoms with Gasteiger partial charge in [-0.1, -0.05) is 61.9 Å². The standard InChI is InChI=1S/C33H38N4O4/c1-6-8-13-30-36-27-19-18-25(35-31(38)34-20-7-2)21-28(27)37(30)22-23-14-16-24(17-15-23)26-11-9-10-12-29(26)40-32(39)41-33(3,4)5/h7,9-12,14-19,21H,2,6,8,13,20,22H2,1,3-5H3,(H2,34,35,38). The van der Waals surface area contributed by atoms with Crippen LogP contribution in [0.1, 0.15) is 51.9 Å². The van der Waals surface area contributed by atoms with Gasteiger partial charge in [-0.25, -0.2) is 14.6 Å². The largest absolute Gasteiger partial charge is 0.514 e. The fourth-order valence-electron chi connectivity index (χ4n) is 4.42. The Morgan fingerprint density at radius 2 is 1.80 bits per heavy atom. The molecule has 8 nitrogen and oxygen atoms in total. The van der Waals surface area contributed by atoms with Gasteiger partial charge in [0.05, 0.1) is 11.0 Å². The molecule has 1 heterocycles. The number of ether oxygens (including phenoxy) is 2. The Kier molecular flexibility index (Phi) is 9.45. The third-order valence-electron chi connectivity index (χ3n) is 6.32. The number of carbonyl (C=O) groups excluding carboxylic acids is 2. The van der Waals surface area contributed by atoms with Gasteiger partial charge < -0.3 is 24.7 Å². The van der Waals surface area contributed by atoms with Crippen LogP contribution in [0.25, 0.3) is 22.2 Å². The fraction of sp³-hybridized carbons (Fsp3) is 0.303. The van der Waals surface area contributed by atoms with E-state index >= 15 is 0 Å². The number of hydrogen-bond acceptors (Lipinski definition) is 5. The van der Waals surface area contributed by atoms with E-state index in [4.69, 9.17) is 14.5 Å². The van der Waals surface area contributed by atoms with Crippen molar-refractivity contribution in [2.24, 2.45) is 0 Å². The highest BCUT2D eigenvalue weighted by molar-refractivity contribution is 5.92. The van der Waals surface area contributed by atoms with Gasteiger partial charge in [0, 0.05) is 30.8 Å². The lowest BCUT2D eigenvalue weighted by Gasteiger charge is -2.19. The SMILES string of the molecule is C=CCNC(=O)Nc1ccc2nc(CCCC)n(Cc3ccc(-c4ccccc4OC(=O)OC(C)(C)C)cc3)c2c1. The number of aromatic nitrogens is 2. The molecule has 0 saturated heterocycles. The van der Waals surface area contributed by atoms with Crippen molar-refractivity contribution >= 4 is 28.9 Å². The first-order valence-corrected chi connectivity index (χ1v) is 13.9. The fourth-order valence-corrected chi connectivity index (χ4v) is 4.42. The summed E-state index contributed by atoms with van der Waals surface area (Å²) in [6.07, 6.45) is 3.86. The lowest BCUT2D eigenvalue weighted by molar-refractivity contribution is 0.0207. The molecule has 0 aliphatic carbocycles. The van der Waals surface area contributed by atoms with Gasteiger partial charge in [0.1, 0.15) is 17.2 Å². The molecule has 4 rings (SSSR count). The molecule has 8 heteroatoms. The van der Waals surface area contributed by atoms with Crippen LogP contribution in [0.5, 0.6) is 5.75 Å². The van der Waals surface area contributed by atoms with Crippen molar-refractivity contribution in [3.63, 3.8) is 0 Å². The number of aryl methyl sites for hydroxylation is 1. The Hall–Kier alpha value is -4.59. The molecule has 41 heavy (non-hydrogen) atoms. The molecular formula is C33H38N4O4. The summed E-state index contributed by atoms with van der Waals surface area (Å²) in [5, 5.41) is 5.62. The lowest BCUT2D eigenvalue weighted by Crippen LogP contribution is -2.28. The van der Waals surface area contributed by atoms with E-state index in [0.29, 0.717) is 24.5 Å². The Bertz CT molecular complexity index is 1520. The van der Waals surface area contributed by atoms with Gasteiger partial charge in [0.2, 0.25) is 0 Å². The van der Waals surface area contributed by atoms with E-state index in [1.165, 1.54) is 0 Å². The molecular weight excluding hydrogens is 516 g/mol. The highest BCUT2D eigenvalue weighted by Gasteiger charge is 2.20. The summed E-state index contributed by atoms with van der Waals surface area (Å²) in [6.45, 7) is 12.2. The van der Waals surface area contributed by atoms with Crippen molar-refractivity contribution in [2.75, 3.05) is 11.9 Å². The van der Waals surface area contributed by atoms with Gasteiger partial charge in [0.15, 0.2) is 0 Å². The maximum Gasteiger partial charge on any atom is 0.514 e. The van der Waals surface area contributed by atoms with Crippen molar-refractivity contribution in [1.29, 1.82) is 0 Å². The number of anilines is 1. The first-order chi connectivity index (χ1) is 19.7. The number of nitrogens with one attached hydrogen (secondary N) is 2. The maximum atomic E-state index is 12.3. The number of hydrogen-bond donors (Lipinski definition) is 2. The molecule has 0 aliphatic heterocycles. The van der Waals surface area contributed by atoms with Crippen LogP contribution >= 0.6 is 0 Å². The average molecular weight is 555 g/mol. The van der Waals surface area contributed by atoms with E-state index in [9.17, 15) is 9.59 Å². The lowest BCUT2D eigenvalue weighted by atomic mass is 10.0. The summed E-state index contributed by atoms with van der Waals surface area (Å²) in [5.41, 5.74) is 4.71. The van der Waals surface area contributed by atoms with Crippen LogP contribution in [-0.4, -0.2) is 33.9 Å². The molecule has 2 amide bonds. The van der Waals surface area contributed by atoms with Crippen LogP contribution in [0.4, 0.5) is 15.3 Å². The predicted molar refractivity (Wildman–Crippen MR) is 163 cm³/mol. The van der Waals surface area contributed by atoms with E-state index in [1.807, 2.05) is 48.5 Å². The number of imidazole rings is 1. The number of amides is 2. The molecule has 0 unspecified atom stereocenters. The second-order valence-corrected chi connectivity index (χ2v) is 10.8. The predicted octanol–water partition coefficient (Wildman–Crippen LogP) is 7.72. The first-order valence-electron chi connectivity index (χ1n) is 13.9. The number of nitrogens with zero attached hydrogens (tertiary/aromatic N) is 2. The van der Waals surface area contributed by atoms with Gasteiger partial charge in [-0.2, -0.15) is 0 Å². The molecule has 0 fully saturated rings. The highest BCUT2D eigenvalue weighted by Crippen LogP contribution is 2.31. The summed E-state index contributed by atoms with van der Waals surface area (Å²) < 4.78 is 13.1. The molecule has 4 aromatic rings. The smallest absolute Gasteiger partial charge is 0.428 e. The topological polar surface area (TPSA) is 94.5 Å². The molecule has 1 aromatic heterocycles. The average Bonchev–Trinajstić information content (AvgIpc) is 3.26. The van der Waals surface area contributed by atoms with E-state index < -0.39 is 11.8 Å². The van der Waals surface area contributed by atoms with E-state index in [0.717, 1.165) is 52.8 Å². The third kappa shape index (κ3) is 7.97. The van der Waals surface area contributed by atoms with Crippen LogP contribution in [0, 0.1) is 0 Å². The third-order valence-corrected chi connectivity index (χ3v) is 6.32. The molecule has 0 spiro atoms. The zero-order valence-corrected chi connectivity index (χ0v) is 24.2. The summed E-state index contributed by atoms with van der Waals surface area (Å²) in [7, 11) is 0. The summed E-state index contributed by atoms with van der Waals surface area (Å²) in [5.74, 6) is 1.45. The number of unbranched alkanes of at least 4 members (excludes halogenated alkanes) is 1. The minimum atomic E-state index is -0.736. The van der Waals surface area contributed by atoms with Crippen molar-refractivity contribution < 1.29 is 19.1 Å². The van der Waals surface area contributed by atoms with Gasteiger partial charge in [-0.05, 0) is 62.6 Å². The summed E-state index contributed by atoms with van der Waals surface area (Å²) >= 11 is 0. The summed E-state index contributed by atoms with van der Waals surface area (Å²) in [4.78, 5) is 29.4. The monoisotopic (exact) mass is 554 g/mol. The molecule has 3 aromatic carbocycles. The highest BCUT2D eigenvalue weighted by atomic mass is 16.7. The van der Waals surface area contributed by atoms with Crippen molar-refractivity contribution in [2.45, 2.75) is 59.1 Å². The molecule has 0 saturated carbocycles. The second kappa shape index (κ2) is 13.2. The van der Waals surface area contributed by atoms with Crippen molar-refractivity contribution in [1.82, 2.24) is 14.9 Å². The molecule has 214 valence electrons. The first kappa shape index (κ1) is 29.4. The molecule has 0 bridgehead atoms. The Balaban J connectivity index is 1.59. The quantitative estimate of drug-likeness (QED) is 0.119. The van der Waals surface area contributed by atoms with Gasteiger partial charge in [-0.15, -0.1) is 6.58 Å². The van der Waals surface area contributed by atoms with Crippen LogP contribution in [0.2, 0.25) is 0 Å². The van der Waals surface area contributed by atoms with Gasteiger partial charge >= 0.3 is 12.2 Å². The number of rotatable bonds is 10. The van der Waals surface area contributed by atoms with E-state index in [1.54, 1.807) is 32.9 Å². The molecule has 0 aliphatic rings. The molecule has 0 atom stereocenters. The normalized spacial score (nSPS) is 11.2. The number of benzene rings is 3. The number of urea groups is 1. The Morgan fingerprint density at radius 1 is 1.05 bits per heavy atom. The number of para-hydroxylation sites is 1. The minimum absolute atomic E-state index is 0.284. The van der Waals surface area contributed by atoms with Crippen LogP contribution in [0.3, 0.4) is 0 Å². The Morgan fingerprint density at radius 3 is 2.51 bits per heavy atom. The van der Waals surface area contributed by atoms with Crippen LogP contribution < -0.4 is 15.4 Å². The van der Waals surface area contributed by atoms with E-state index in [-0.39, 0.29) is 6.03 Å².